The van der Waals surface area contributed by atoms with Gasteiger partial charge in [0, 0.05) is 25.4 Å². The highest BCUT2D eigenvalue weighted by molar-refractivity contribution is 7.87. The van der Waals surface area contributed by atoms with Gasteiger partial charge in [0.25, 0.3) is 11.4 Å². The largest absolute Gasteiger partial charge is 0.373 e. The normalized spacial score (nSPS) is 11.1. The summed E-state index contributed by atoms with van der Waals surface area (Å²) >= 11 is 0. The Kier molecular flexibility index (Phi) is 4.56. The van der Waals surface area contributed by atoms with E-state index in [1.54, 1.807) is 7.05 Å². The van der Waals surface area contributed by atoms with Gasteiger partial charge in [0.15, 0.2) is 4.90 Å². The molecule has 11 nitrogen and oxygen atoms in total. The highest BCUT2D eigenvalue weighted by Gasteiger charge is 2.31. The molecule has 1 aromatic carbocycles. The number of hydrogen-bond donors (Lipinski definition) is 0. The van der Waals surface area contributed by atoms with Gasteiger partial charge in [-0.25, -0.2) is 0 Å². The quantitative estimate of drug-likeness (QED) is 0.434. The van der Waals surface area contributed by atoms with E-state index in [4.69, 9.17) is 4.18 Å². The number of hydrogen-bond acceptors (Lipinski definition) is 8. The second-order valence-electron chi connectivity index (χ2n) is 4.91. The number of nitro groups is 2. The predicted molar refractivity (Wildman–Crippen MR) is 84.0 cm³/mol. The Hall–Kier alpha value is -3.28. The zero-order valence-corrected chi connectivity index (χ0v) is 13.7. The molecule has 132 valence electrons. The van der Waals surface area contributed by atoms with Crippen molar-refractivity contribution < 1.29 is 22.4 Å². The number of aryl methyl sites for hydroxylation is 1. The first-order chi connectivity index (χ1) is 11.5. The molecule has 0 N–H and O–H groups in total. The SMILES string of the molecule is Cc1c(OS(=O)(=O)c2ccc([N+](=O)[O-])cc2[N+](=O)[O-])c(=O)ccn1C. The minimum absolute atomic E-state index is 0.181. The minimum Gasteiger partial charge on any atom is -0.373 e. The van der Waals surface area contributed by atoms with Crippen molar-refractivity contribution in [3.63, 3.8) is 0 Å². The highest BCUT2D eigenvalue weighted by Crippen LogP contribution is 2.30. The van der Waals surface area contributed by atoms with Crippen molar-refractivity contribution in [2.45, 2.75) is 11.8 Å². The van der Waals surface area contributed by atoms with E-state index >= 15 is 0 Å². The lowest BCUT2D eigenvalue weighted by Crippen LogP contribution is -2.19. The van der Waals surface area contributed by atoms with Crippen molar-refractivity contribution in [2.75, 3.05) is 0 Å². The maximum atomic E-state index is 12.4. The monoisotopic (exact) mass is 369 g/mol. The number of benzene rings is 1. The Morgan fingerprint density at radius 2 is 1.76 bits per heavy atom. The van der Waals surface area contributed by atoms with Crippen molar-refractivity contribution >= 4 is 21.5 Å². The zero-order chi connectivity index (χ0) is 18.9. The third kappa shape index (κ3) is 3.47. The van der Waals surface area contributed by atoms with E-state index in [1.165, 1.54) is 17.7 Å². The van der Waals surface area contributed by atoms with Crippen LogP contribution in [0.2, 0.25) is 0 Å². The molecule has 0 saturated carbocycles. The second kappa shape index (κ2) is 6.32. The van der Waals surface area contributed by atoms with E-state index in [1.807, 2.05) is 0 Å². The van der Waals surface area contributed by atoms with Gasteiger partial charge in [0.05, 0.1) is 21.6 Å². The van der Waals surface area contributed by atoms with Crippen LogP contribution in [0.25, 0.3) is 0 Å². The molecule has 0 unspecified atom stereocenters. The Morgan fingerprint density at radius 3 is 2.32 bits per heavy atom. The van der Waals surface area contributed by atoms with Crippen molar-refractivity contribution in [2.24, 2.45) is 7.05 Å². The van der Waals surface area contributed by atoms with Crippen LogP contribution in [-0.4, -0.2) is 22.8 Å². The van der Waals surface area contributed by atoms with Gasteiger partial charge in [-0.05, 0) is 13.0 Å². The van der Waals surface area contributed by atoms with Gasteiger partial charge in [0.1, 0.15) is 0 Å². The molecule has 0 radical (unpaired) electrons. The first-order valence-electron chi connectivity index (χ1n) is 6.58. The molecule has 0 spiro atoms. The Balaban J connectivity index is 2.62. The molecule has 1 heterocycles. The molecular formula is C13H11N3O8S. The summed E-state index contributed by atoms with van der Waals surface area (Å²) in [5, 5.41) is 21.8. The fourth-order valence-corrected chi connectivity index (χ4v) is 3.07. The van der Waals surface area contributed by atoms with E-state index in [9.17, 15) is 33.4 Å². The summed E-state index contributed by atoms with van der Waals surface area (Å²) < 4.78 is 31.0. The summed E-state index contributed by atoms with van der Waals surface area (Å²) in [4.78, 5) is 30.8. The van der Waals surface area contributed by atoms with Crippen LogP contribution in [0.5, 0.6) is 5.75 Å². The molecule has 0 amide bonds. The molecule has 0 saturated heterocycles. The number of nitrogens with zero attached hydrogens (tertiary/aromatic N) is 3. The van der Waals surface area contributed by atoms with Crippen LogP contribution >= 0.6 is 0 Å². The summed E-state index contributed by atoms with van der Waals surface area (Å²) in [6.07, 6.45) is 1.39. The van der Waals surface area contributed by atoms with Crippen LogP contribution in [0.4, 0.5) is 11.4 Å². The third-order valence-corrected chi connectivity index (χ3v) is 4.61. The van der Waals surface area contributed by atoms with E-state index < -0.39 is 47.4 Å². The predicted octanol–water partition coefficient (Wildman–Crippen LogP) is 1.28. The molecule has 1 aromatic heterocycles. The summed E-state index contributed by atoms with van der Waals surface area (Å²) in [6, 6.07) is 3.06. The van der Waals surface area contributed by atoms with Crippen LogP contribution in [0.1, 0.15) is 5.69 Å². The smallest absolute Gasteiger partial charge is 0.346 e. The Morgan fingerprint density at radius 1 is 1.12 bits per heavy atom. The van der Waals surface area contributed by atoms with E-state index in [0.29, 0.717) is 12.1 Å². The lowest BCUT2D eigenvalue weighted by atomic mass is 10.3. The van der Waals surface area contributed by atoms with E-state index in [0.717, 1.165) is 12.1 Å². The number of aromatic nitrogens is 1. The van der Waals surface area contributed by atoms with Crippen LogP contribution < -0.4 is 9.61 Å². The van der Waals surface area contributed by atoms with Crippen LogP contribution in [0, 0.1) is 27.2 Å². The molecular weight excluding hydrogens is 358 g/mol. The molecule has 0 atom stereocenters. The number of nitro benzene ring substituents is 2. The lowest BCUT2D eigenvalue weighted by molar-refractivity contribution is -0.396. The van der Waals surface area contributed by atoms with Crippen molar-refractivity contribution in [3.8, 4) is 5.75 Å². The average Bonchev–Trinajstić information content (AvgIpc) is 2.54. The molecule has 2 aromatic rings. The van der Waals surface area contributed by atoms with Crippen LogP contribution in [0.3, 0.4) is 0 Å². The molecule has 2 rings (SSSR count). The van der Waals surface area contributed by atoms with E-state index in [2.05, 4.69) is 0 Å². The lowest BCUT2D eigenvalue weighted by Gasteiger charge is -2.11. The van der Waals surface area contributed by atoms with Crippen molar-refractivity contribution in [1.29, 1.82) is 0 Å². The molecule has 25 heavy (non-hydrogen) atoms. The Labute approximate surface area is 140 Å². The van der Waals surface area contributed by atoms with Gasteiger partial charge in [0.2, 0.25) is 11.2 Å². The van der Waals surface area contributed by atoms with Crippen molar-refractivity contribution in [3.05, 3.63) is 66.6 Å². The molecule has 0 fully saturated rings. The van der Waals surface area contributed by atoms with Crippen LogP contribution in [0.15, 0.2) is 40.2 Å². The van der Waals surface area contributed by atoms with Gasteiger partial charge in [-0.1, -0.05) is 0 Å². The van der Waals surface area contributed by atoms with Crippen molar-refractivity contribution in [1.82, 2.24) is 4.57 Å². The Bertz CT molecular complexity index is 1040. The fraction of sp³-hybridized carbons (Fsp3) is 0.154. The number of pyridine rings is 1. The van der Waals surface area contributed by atoms with Gasteiger partial charge in [-0.2, -0.15) is 8.42 Å². The van der Waals surface area contributed by atoms with Crippen LogP contribution in [-0.2, 0) is 17.2 Å². The van der Waals surface area contributed by atoms with Gasteiger partial charge < -0.3 is 8.75 Å². The first-order valence-corrected chi connectivity index (χ1v) is 7.99. The zero-order valence-electron chi connectivity index (χ0n) is 12.9. The van der Waals surface area contributed by atoms with E-state index in [-0.39, 0.29) is 5.69 Å². The van der Waals surface area contributed by atoms with Gasteiger partial charge in [-0.15, -0.1) is 0 Å². The standard InChI is InChI=1S/C13H11N3O8S/c1-8-13(11(17)5-6-14(8)2)24-25(22,23)12-4-3-9(15(18)19)7-10(12)16(20)21/h3-7H,1-2H3. The molecule has 0 aliphatic rings. The first kappa shape index (κ1) is 18.1. The number of non-ortho nitro benzene ring substituents is 1. The second-order valence-corrected chi connectivity index (χ2v) is 6.42. The molecule has 0 bridgehead atoms. The average molecular weight is 369 g/mol. The maximum absolute atomic E-state index is 12.4. The summed E-state index contributed by atoms with van der Waals surface area (Å²) in [6.45, 7) is 1.43. The molecule has 0 aliphatic heterocycles. The van der Waals surface area contributed by atoms with Gasteiger partial charge >= 0.3 is 10.1 Å². The fourth-order valence-electron chi connectivity index (χ4n) is 1.93. The summed E-state index contributed by atoms with van der Waals surface area (Å²) in [7, 11) is -3.23. The van der Waals surface area contributed by atoms with Gasteiger partial charge in [-0.3, -0.25) is 25.0 Å². The minimum atomic E-state index is -4.77. The summed E-state index contributed by atoms with van der Waals surface area (Å²) in [5.41, 5.74) is -2.23. The maximum Gasteiger partial charge on any atom is 0.346 e. The molecule has 0 aliphatic carbocycles. The topological polar surface area (TPSA) is 152 Å². The summed E-state index contributed by atoms with van der Waals surface area (Å²) in [5.74, 6) is -0.516. The number of rotatable bonds is 5. The third-order valence-electron chi connectivity index (χ3n) is 3.34. The highest BCUT2D eigenvalue weighted by atomic mass is 32.2. The molecule has 12 heteroatoms.